The summed E-state index contributed by atoms with van der Waals surface area (Å²) in [6, 6.07) is 13.7. The molecule has 7 nitrogen and oxygen atoms in total. The van der Waals surface area contributed by atoms with E-state index in [1.807, 2.05) is 0 Å². The number of rotatable bonds is 6. The molecule has 0 bridgehead atoms. The van der Waals surface area contributed by atoms with Crippen LogP contribution >= 0.6 is 0 Å². The molecule has 8 heteroatoms. The van der Waals surface area contributed by atoms with Crippen LogP contribution in [0.2, 0.25) is 0 Å². The van der Waals surface area contributed by atoms with Crippen molar-refractivity contribution >= 4 is 27.5 Å². The van der Waals surface area contributed by atoms with E-state index in [-0.39, 0.29) is 16.7 Å². The third-order valence-electron chi connectivity index (χ3n) is 6.09. The van der Waals surface area contributed by atoms with E-state index in [2.05, 4.69) is 5.32 Å². The highest BCUT2D eigenvalue weighted by molar-refractivity contribution is 7.89. The largest absolute Gasteiger partial charge is 0.348 e. The molecular formula is C24H29N3O4S. The molecule has 2 heterocycles. The van der Waals surface area contributed by atoms with E-state index in [0.29, 0.717) is 38.2 Å². The summed E-state index contributed by atoms with van der Waals surface area (Å²) >= 11 is 0. The van der Waals surface area contributed by atoms with Crippen LogP contribution in [-0.2, 0) is 21.4 Å². The fourth-order valence-corrected chi connectivity index (χ4v) is 5.71. The Morgan fingerprint density at radius 1 is 0.844 bits per heavy atom. The van der Waals surface area contributed by atoms with Crippen LogP contribution in [0.3, 0.4) is 0 Å². The van der Waals surface area contributed by atoms with Gasteiger partial charge in [-0.1, -0.05) is 18.6 Å². The van der Waals surface area contributed by atoms with E-state index >= 15 is 0 Å². The van der Waals surface area contributed by atoms with Crippen LogP contribution < -0.4 is 10.2 Å². The van der Waals surface area contributed by atoms with Gasteiger partial charge in [-0.2, -0.15) is 4.31 Å². The maximum atomic E-state index is 12.7. The lowest BCUT2D eigenvalue weighted by Gasteiger charge is -2.26. The molecule has 2 aromatic rings. The molecule has 0 aromatic heterocycles. The van der Waals surface area contributed by atoms with E-state index in [4.69, 9.17) is 0 Å². The van der Waals surface area contributed by atoms with Gasteiger partial charge in [-0.15, -0.1) is 0 Å². The number of benzene rings is 2. The number of amides is 2. The number of carbonyl (C=O) groups is 2. The lowest BCUT2D eigenvalue weighted by Crippen LogP contribution is -2.35. The van der Waals surface area contributed by atoms with Crippen molar-refractivity contribution in [3.05, 3.63) is 59.7 Å². The monoisotopic (exact) mass is 455 g/mol. The molecule has 0 unspecified atom stereocenters. The summed E-state index contributed by atoms with van der Waals surface area (Å²) in [5, 5.41) is 2.87. The van der Waals surface area contributed by atoms with Crippen LogP contribution in [-0.4, -0.2) is 44.2 Å². The van der Waals surface area contributed by atoms with Crippen molar-refractivity contribution in [1.82, 2.24) is 9.62 Å². The van der Waals surface area contributed by atoms with Gasteiger partial charge in [0, 0.05) is 43.9 Å². The number of hydrogen-bond donors (Lipinski definition) is 1. The summed E-state index contributed by atoms with van der Waals surface area (Å²) in [7, 11) is -3.45. The fourth-order valence-electron chi connectivity index (χ4n) is 4.19. The van der Waals surface area contributed by atoms with Crippen molar-refractivity contribution in [2.75, 3.05) is 24.5 Å². The Labute approximate surface area is 189 Å². The summed E-state index contributed by atoms with van der Waals surface area (Å²) < 4.78 is 27.0. The smallest absolute Gasteiger partial charge is 0.251 e. The Bertz CT molecular complexity index is 1060. The molecule has 4 rings (SSSR count). The lowest BCUT2D eigenvalue weighted by atomic mass is 10.1. The van der Waals surface area contributed by atoms with Crippen LogP contribution in [0.4, 0.5) is 5.69 Å². The van der Waals surface area contributed by atoms with Crippen LogP contribution in [0.1, 0.15) is 54.4 Å². The standard InChI is InChI=1S/C24H29N3O4S/c28-23-6-2-5-17-27(23)21-11-9-20(10-12-21)24(29)25-18-19-7-13-22(14-8-19)32(30,31)26-15-3-1-4-16-26/h7-14H,1-6,15-18H2,(H,25,29). The van der Waals surface area contributed by atoms with Crippen molar-refractivity contribution in [1.29, 1.82) is 0 Å². The van der Waals surface area contributed by atoms with Gasteiger partial charge < -0.3 is 10.2 Å². The Balaban J connectivity index is 1.34. The van der Waals surface area contributed by atoms with Crippen molar-refractivity contribution in [2.24, 2.45) is 0 Å². The summed E-state index contributed by atoms with van der Waals surface area (Å²) in [5.41, 5.74) is 2.16. The lowest BCUT2D eigenvalue weighted by molar-refractivity contribution is -0.119. The zero-order valence-corrected chi connectivity index (χ0v) is 18.9. The van der Waals surface area contributed by atoms with E-state index in [0.717, 1.165) is 43.4 Å². The molecule has 0 aliphatic carbocycles. The van der Waals surface area contributed by atoms with Crippen molar-refractivity contribution < 1.29 is 18.0 Å². The fraction of sp³-hybridized carbons (Fsp3) is 0.417. The average molecular weight is 456 g/mol. The number of carbonyl (C=O) groups excluding carboxylic acids is 2. The molecule has 170 valence electrons. The molecule has 1 N–H and O–H groups in total. The molecule has 0 atom stereocenters. The molecule has 2 aromatic carbocycles. The Hall–Kier alpha value is -2.71. The Morgan fingerprint density at radius 2 is 1.50 bits per heavy atom. The highest BCUT2D eigenvalue weighted by atomic mass is 32.2. The summed E-state index contributed by atoms with van der Waals surface area (Å²) in [4.78, 5) is 26.6. The SMILES string of the molecule is O=C(NCc1ccc(S(=O)(=O)N2CCCCC2)cc1)c1ccc(N2CCCCC2=O)cc1. The molecule has 0 saturated carbocycles. The quantitative estimate of drug-likeness (QED) is 0.724. The predicted molar refractivity (Wildman–Crippen MR) is 123 cm³/mol. The zero-order chi connectivity index (χ0) is 22.6. The number of piperidine rings is 2. The number of sulfonamides is 1. The minimum atomic E-state index is -3.45. The van der Waals surface area contributed by atoms with Crippen molar-refractivity contribution in [3.63, 3.8) is 0 Å². The first kappa shape index (κ1) is 22.5. The van der Waals surface area contributed by atoms with Gasteiger partial charge in [0.1, 0.15) is 0 Å². The molecular weight excluding hydrogens is 426 g/mol. The summed E-state index contributed by atoms with van der Waals surface area (Å²) in [6.45, 7) is 2.17. The van der Waals surface area contributed by atoms with Crippen LogP contribution in [0.15, 0.2) is 53.4 Å². The van der Waals surface area contributed by atoms with E-state index in [9.17, 15) is 18.0 Å². The molecule has 2 saturated heterocycles. The number of anilines is 1. The van der Waals surface area contributed by atoms with Crippen LogP contribution in [0.25, 0.3) is 0 Å². The van der Waals surface area contributed by atoms with Crippen LogP contribution in [0.5, 0.6) is 0 Å². The Kier molecular flexibility index (Phi) is 6.91. The zero-order valence-electron chi connectivity index (χ0n) is 18.1. The normalized spacial score (nSPS) is 17.9. The van der Waals surface area contributed by atoms with Gasteiger partial charge in [0.15, 0.2) is 0 Å². The van der Waals surface area contributed by atoms with Gasteiger partial charge in [-0.25, -0.2) is 8.42 Å². The maximum absolute atomic E-state index is 12.7. The number of nitrogens with zero attached hydrogens (tertiary/aromatic N) is 2. The Morgan fingerprint density at radius 3 is 2.16 bits per heavy atom. The molecule has 2 fully saturated rings. The second kappa shape index (κ2) is 9.83. The van der Waals surface area contributed by atoms with Crippen molar-refractivity contribution in [3.8, 4) is 0 Å². The minimum Gasteiger partial charge on any atom is -0.348 e. The average Bonchev–Trinajstić information content (AvgIpc) is 2.84. The molecule has 0 spiro atoms. The summed E-state index contributed by atoms with van der Waals surface area (Å²) in [6.07, 6.45) is 5.37. The first-order chi connectivity index (χ1) is 15.4. The molecule has 0 radical (unpaired) electrons. The maximum Gasteiger partial charge on any atom is 0.251 e. The van der Waals surface area contributed by atoms with Gasteiger partial charge in [-0.05, 0) is 67.6 Å². The second-order valence-electron chi connectivity index (χ2n) is 8.34. The molecule has 2 amide bonds. The number of nitrogens with one attached hydrogen (secondary N) is 1. The highest BCUT2D eigenvalue weighted by Crippen LogP contribution is 2.22. The minimum absolute atomic E-state index is 0.124. The van der Waals surface area contributed by atoms with E-state index in [1.165, 1.54) is 0 Å². The van der Waals surface area contributed by atoms with Gasteiger partial charge in [-0.3, -0.25) is 9.59 Å². The van der Waals surface area contributed by atoms with E-state index < -0.39 is 10.0 Å². The van der Waals surface area contributed by atoms with Crippen LogP contribution in [0, 0.1) is 0 Å². The van der Waals surface area contributed by atoms with Gasteiger partial charge >= 0.3 is 0 Å². The second-order valence-corrected chi connectivity index (χ2v) is 10.3. The number of hydrogen-bond acceptors (Lipinski definition) is 4. The first-order valence-electron chi connectivity index (χ1n) is 11.2. The first-order valence-corrected chi connectivity index (χ1v) is 12.7. The van der Waals surface area contributed by atoms with E-state index in [1.54, 1.807) is 57.7 Å². The highest BCUT2D eigenvalue weighted by Gasteiger charge is 2.25. The van der Waals surface area contributed by atoms with Gasteiger partial charge in [0.25, 0.3) is 5.91 Å². The predicted octanol–water partition coefficient (Wildman–Crippen LogP) is 3.31. The molecule has 2 aliphatic rings. The van der Waals surface area contributed by atoms with Crippen molar-refractivity contribution in [2.45, 2.75) is 50.0 Å². The third-order valence-corrected chi connectivity index (χ3v) is 8.01. The molecule has 2 aliphatic heterocycles. The topological polar surface area (TPSA) is 86.8 Å². The molecule has 32 heavy (non-hydrogen) atoms. The van der Waals surface area contributed by atoms with Gasteiger partial charge in [0.05, 0.1) is 4.90 Å². The summed E-state index contributed by atoms with van der Waals surface area (Å²) in [5.74, 6) is -0.0919. The van der Waals surface area contributed by atoms with Gasteiger partial charge in [0.2, 0.25) is 15.9 Å². The third kappa shape index (κ3) is 5.02.